The van der Waals surface area contributed by atoms with E-state index in [4.69, 9.17) is 10.3 Å². The Kier molecular flexibility index (Phi) is 6.13. The summed E-state index contributed by atoms with van der Waals surface area (Å²) in [7, 11) is -7.75. The molecule has 4 rings (SSSR count). The Morgan fingerprint density at radius 3 is 2.20 bits per heavy atom. The summed E-state index contributed by atoms with van der Waals surface area (Å²) in [5.74, 6) is 0.377. The number of nitrogens with one attached hydrogen (secondary N) is 2. The molecule has 35 heavy (non-hydrogen) atoms. The average molecular weight is 516 g/mol. The molecule has 2 aliphatic rings. The molecule has 1 aromatic heterocycles. The van der Waals surface area contributed by atoms with Crippen molar-refractivity contribution in [1.29, 1.82) is 0 Å². The second-order valence-corrected chi connectivity index (χ2v) is 10.5. The Bertz CT molecular complexity index is 1690. The van der Waals surface area contributed by atoms with Gasteiger partial charge in [-0.3, -0.25) is 10.1 Å². The van der Waals surface area contributed by atoms with Crippen molar-refractivity contribution in [3.05, 3.63) is 85.3 Å². The number of rotatable bonds is 7. The SMILES string of the molecule is NS(=O)(=O)C1=C=C=C(Nc2nc3cc([N+](=O)[O-])ccc3nc2NC2=CC=C(S(N)(=O)=O)CC2)C=C1. The molecule has 0 radical (unpaired) electrons. The third kappa shape index (κ3) is 5.53. The molecule has 2 aliphatic carbocycles. The monoisotopic (exact) mass is 515 g/mol. The van der Waals surface area contributed by atoms with Crippen LogP contribution < -0.4 is 20.9 Å². The van der Waals surface area contributed by atoms with Gasteiger partial charge in [-0.05, 0) is 54.7 Å². The van der Waals surface area contributed by atoms with Crippen LogP contribution in [0.15, 0.2) is 75.2 Å². The molecule has 13 nitrogen and oxygen atoms in total. The molecule has 6 N–H and O–H groups in total. The van der Waals surface area contributed by atoms with Crippen LogP contribution in [0.5, 0.6) is 0 Å². The molecule has 180 valence electrons. The number of sulfonamides is 2. The zero-order valence-electron chi connectivity index (χ0n) is 17.7. The molecule has 0 amide bonds. The number of hydrogen-bond donors (Lipinski definition) is 4. The number of fused-ring (bicyclic) bond motifs is 1. The predicted octanol–water partition coefficient (Wildman–Crippen LogP) is 1.59. The Labute approximate surface area is 199 Å². The molecule has 15 heteroatoms. The number of nitrogens with zero attached hydrogens (tertiary/aromatic N) is 3. The number of nitrogens with two attached hydrogens (primary N) is 2. The van der Waals surface area contributed by atoms with Crippen LogP contribution in [0, 0.1) is 10.1 Å². The molecule has 0 atom stereocenters. The van der Waals surface area contributed by atoms with Gasteiger partial charge in [-0.1, -0.05) is 0 Å². The normalized spacial score (nSPS) is 15.7. The molecule has 0 saturated carbocycles. The lowest BCUT2D eigenvalue weighted by Gasteiger charge is -2.17. The van der Waals surface area contributed by atoms with Gasteiger partial charge in [0.1, 0.15) is 4.91 Å². The zero-order chi connectivity index (χ0) is 25.4. The fourth-order valence-electron chi connectivity index (χ4n) is 3.18. The molecular weight excluding hydrogens is 498 g/mol. The maximum absolute atomic E-state index is 11.5. The van der Waals surface area contributed by atoms with Gasteiger partial charge >= 0.3 is 0 Å². The number of aromatic nitrogens is 2. The number of nitro benzene ring substituents is 1. The molecule has 0 spiro atoms. The molecule has 0 fully saturated rings. The number of benzene rings is 1. The van der Waals surface area contributed by atoms with Crippen LogP contribution >= 0.6 is 0 Å². The lowest BCUT2D eigenvalue weighted by Crippen LogP contribution is -2.17. The van der Waals surface area contributed by atoms with Crippen molar-refractivity contribution >= 4 is 48.4 Å². The Hall–Kier alpha value is -4.10. The number of allylic oxidation sites excluding steroid dienone is 6. The largest absolute Gasteiger partial charge is 0.341 e. The molecule has 0 aliphatic heterocycles. The first-order chi connectivity index (χ1) is 16.4. The van der Waals surface area contributed by atoms with E-state index in [-0.39, 0.29) is 44.8 Å². The van der Waals surface area contributed by atoms with Gasteiger partial charge in [0.2, 0.25) is 20.0 Å². The van der Waals surface area contributed by atoms with E-state index in [9.17, 15) is 26.9 Å². The van der Waals surface area contributed by atoms with Crippen LogP contribution in [-0.4, -0.2) is 31.7 Å². The highest BCUT2D eigenvalue weighted by molar-refractivity contribution is 7.93. The molecular formula is C20H17N7O6S2. The van der Waals surface area contributed by atoms with Gasteiger partial charge in [-0.15, -0.1) is 0 Å². The van der Waals surface area contributed by atoms with Gasteiger partial charge < -0.3 is 10.6 Å². The lowest BCUT2D eigenvalue weighted by molar-refractivity contribution is -0.384. The Morgan fingerprint density at radius 1 is 0.914 bits per heavy atom. The summed E-state index contributed by atoms with van der Waals surface area (Å²) in [5, 5.41) is 27.4. The van der Waals surface area contributed by atoms with Gasteiger partial charge in [0, 0.05) is 17.8 Å². The molecule has 0 saturated heterocycles. The second kappa shape index (κ2) is 8.92. The Morgan fingerprint density at radius 2 is 1.63 bits per heavy atom. The van der Waals surface area contributed by atoms with E-state index in [1.54, 1.807) is 6.08 Å². The number of primary sulfonamides is 2. The van der Waals surface area contributed by atoms with Gasteiger partial charge in [0.15, 0.2) is 11.6 Å². The second-order valence-electron chi connectivity index (χ2n) is 7.38. The van der Waals surface area contributed by atoms with E-state index in [1.165, 1.54) is 36.4 Å². The van der Waals surface area contributed by atoms with Crippen molar-refractivity contribution in [3.63, 3.8) is 0 Å². The highest BCUT2D eigenvalue weighted by Crippen LogP contribution is 2.29. The summed E-state index contributed by atoms with van der Waals surface area (Å²) in [6, 6.07) is 4.01. The van der Waals surface area contributed by atoms with Crippen LogP contribution in [0.25, 0.3) is 11.0 Å². The standard InChI is InChI=1S/C20H17N7O6S2/c21-34(30,31)15-6-1-12(2-7-15)23-19-20(24-13-3-8-16(9-4-13)35(22,32)33)26-18-11-14(27(28)29)5-10-17(18)25-19/h1,3,5-6,8,10-11H,2,7H2,(H,23,25)(H,24,26)(H2,21,30,31)(H2,22,32,33). The summed E-state index contributed by atoms with van der Waals surface area (Å²) in [4.78, 5) is 19.4. The van der Waals surface area contributed by atoms with E-state index in [1.807, 2.05) is 0 Å². The summed E-state index contributed by atoms with van der Waals surface area (Å²) >= 11 is 0. The molecule has 1 heterocycles. The first-order valence-electron chi connectivity index (χ1n) is 9.80. The van der Waals surface area contributed by atoms with Gasteiger partial charge in [-0.2, -0.15) is 0 Å². The smallest absolute Gasteiger partial charge is 0.271 e. The highest BCUT2D eigenvalue weighted by Gasteiger charge is 2.19. The van der Waals surface area contributed by atoms with E-state index in [0.29, 0.717) is 17.6 Å². The van der Waals surface area contributed by atoms with Crippen LogP contribution in [0.3, 0.4) is 0 Å². The van der Waals surface area contributed by atoms with Crippen molar-refractivity contribution < 1.29 is 21.8 Å². The van der Waals surface area contributed by atoms with Crippen molar-refractivity contribution in [2.24, 2.45) is 10.3 Å². The lowest BCUT2D eigenvalue weighted by atomic mass is 10.1. The van der Waals surface area contributed by atoms with Gasteiger partial charge in [-0.25, -0.2) is 37.1 Å². The van der Waals surface area contributed by atoms with Crippen molar-refractivity contribution in [2.45, 2.75) is 12.8 Å². The third-order valence-electron chi connectivity index (χ3n) is 4.90. The first kappa shape index (κ1) is 24.0. The summed E-state index contributed by atoms with van der Waals surface area (Å²) in [6.45, 7) is 0. The number of anilines is 2. The summed E-state index contributed by atoms with van der Waals surface area (Å²) < 4.78 is 46.0. The average Bonchev–Trinajstić information content (AvgIpc) is 2.78. The van der Waals surface area contributed by atoms with E-state index < -0.39 is 25.0 Å². The van der Waals surface area contributed by atoms with Gasteiger partial charge in [0.05, 0.1) is 26.6 Å². The number of nitro groups is 1. The van der Waals surface area contributed by atoms with Crippen LogP contribution in [0.4, 0.5) is 17.3 Å². The highest BCUT2D eigenvalue weighted by atomic mass is 32.2. The predicted molar refractivity (Wildman–Crippen MR) is 128 cm³/mol. The first-order valence-corrected chi connectivity index (χ1v) is 12.9. The maximum Gasteiger partial charge on any atom is 0.271 e. The topological polar surface area (TPSA) is 213 Å². The minimum absolute atomic E-state index is 0.0957. The number of non-ortho nitro benzene ring substituents is 1. The maximum atomic E-state index is 11.5. The molecule has 0 bridgehead atoms. The van der Waals surface area contributed by atoms with E-state index >= 15 is 0 Å². The minimum atomic E-state index is -3.96. The summed E-state index contributed by atoms with van der Waals surface area (Å²) in [6.07, 6.45) is 6.07. The van der Waals surface area contributed by atoms with Crippen molar-refractivity contribution in [3.8, 4) is 0 Å². The third-order valence-corrected chi connectivity index (χ3v) is 6.82. The van der Waals surface area contributed by atoms with Gasteiger partial charge in [0.25, 0.3) is 5.69 Å². The van der Waals surface area contributed by atoms with Crippen molar-refractivity contribution in [2.75, 3.05) is 10.6 Å². The molecule has 1 aromatic carbocycles. The summed E-state index contributed by atoms with van der Waals surface area (Å²) in [5.41, 5.74) is 6.36. The van der Waals surface area contributed by atoms with Crippen LogP contribution in [-0.2, 0) is 20.0 Å². The molecule has 0 unspecified atom stereocenters. The van der Waals surface area contributed by atoms with E-state index in [2.05, 4.69) is 32.1 Å². The molecule has 2 aromatic rings. The Balaban J connectivity index is 1.77. The quantitative estimate of drug-likeness (QED) is 0.237. The van der Waals surface area contributed by atoms with Crippen molar-refractivity contribution in [1.82, 2.24) is 9.97 Å². The fraction of sp³-hybridized carbons (Fsp3) is 0.100. The fourth-order valence-corrected chi connectivity index (χ4v) is 4.28. The number of hydrogen-bond acceptors (Lipinski definition) is 10. The van der Waals surface area contributed by atoms with E-state index in [0.717, 1.165) is 0 Å². The minimum Gasteiger partial charge on any atom is -0.341 e. The van der Waals surface area contributed by atoms with Crippen LogP contribution in [0.2, 0.25) is 0 Å². The van der Waals surface area contributed by atoms with Crippen LogP contribution in [0.1, 0.15) is 12.8 Å². The zero-order valence-corrected chi connectivity index (χ0v) is 19.4.